The van der Waals surface area contributed by atoms with Gasteiger partial charge in [0.2, 0.25) is 5.89 Å². The van der Waals surface area contributed by atoms with Crippen molar-refractivity contribution < 1.29 is 4.42 Å². The smallest absolute Gasteiger partial charge is 0.208 e. The highest BCUT2D eigenvalue weighted by molar-refractivity contribution is 4.93. The number of nitrogens with one attached hydrogen (secondary N) is 1. The molecule has 0 bridgehead atoms. The highest BCUT2D eigenvalue weighted by Gasteiger charge is 2.11. The van der Waals surface area contributed by atoms with E-state index in [0.29, 0.717) is 6.04 Å². The average molecular weight is 236 g/mol. The molecule has 0 amide bonds. The molecule has 0 radical (unpaired) electrons. The van der Waals surface area contributed by atoms with Gasteiger partial charge in [0, 0.05) is 12.5 Å². The van der Waals surface area contributed by atoms with E-state index in [1.165, 1.54) is 44.9 Å². The molecule has 0 unspecified atom stereocenters. The minimum absolute atomic E-state index is 0.660. The second-order valence-electron chi connectivity index (χ2n) is 5.00. The third-order valence-electron chi connectivity index (χ3n) is 3.60. The van der Waals surface area contributed by atoms with Crippen LogP contribution in [-0.2, 0) is 13.0 Å². The monoisotopic (exact) mass is 236 g/mol. The fourth-order valence-corrected chi connectivity index (χ4v) is 2.49. The third kappa shape index (κ3) is 4.15. The Labute approximate surface area is 104 Å². The minimum Gasteiger partial charge on any atom is -0.444 e. The lowest BCUT2D eigenvalue weighted by Gasteiger charge is -2.20. The molecule has 0 spiro atoms. The highest BCUT2D eigenvalue weighted by atomic mass is 16.4. The van der Waals surface area contributed by atoms with E-state index in [1.54, 1.807) is 0 Å². The van der Waals surface area contributed by atoms with Crippen LogP contribution in [0, 0.1) is 0 Å². The molecule has 1 fully saturated rings. The number of aryl methyl sites for hydroxylation is 1. The first-order valence-corrected chi connectivity index (χ1v) is 7.05. The summed E-state index contributed by atoms with van der Waals surface area (Å²) in [5.74, 6) is 1.82. The summed E-state index contributed by atoms with van der Waals surface area (Å²) < 4.78 is 5.61. The number of rotatable bonds is 4. The van der Waals surface area contributed by atoms with Gasteiger partial charge in [-0.05, 0) is 12.8 Å². The lowest BCUT2D eigenvalue weighted by atomic mass is 9.97. The van der Waals surface area contributed by atoms with Crippen molar-refractivity contribution in [3.8, 4) is 0 Å². The summed E-state index contributed by atoms with van der Waals surface area (Å²) in [6, 6.07) is 0.660. The molecule has 3 nitrogen and oxygen atoms in total. The lowest BCUT2D eigenvalue weighted by Crippen LogP contribution is -2.29. The number of nitrogens with zero attached hydrogens (tertiary/aromatic N) is 1. The van der Waals surface area contributed by atoms with Crippen LogP contribution >= 0.6 is 0 Å². The van der Waals surface area contributed by atoms with Crippen molar-refractivity contribution in [3.05, 3.63) is 17.8 Å². The zero-order valence-corrected chi connectivity index (χ0v) is 10.9. The minimum atomic E-state index is 0.660. The fourth-order valence-electron chi connectivity index (χ4n) is 2.49. The molecule has 1 aliphatic rings. The van der Waals surface area contributed by atoms with Gasteiger partial charge in [0.1, 0.15) is 5.76 Å². The van der Waals surface area contributed by atoms with E-state index in [4.69, 9.17) is 4.42 Å². The molecule has 1 aromatic rings. The standard InChI is InChI=1S/C14H24N2O/c1-2-13-10-16-14(17-13)11-15-12-8-6-4-3-5-7-9-12/h10,12,15H,2-9,11H2,1H3. The molecule has 17 heavy (non-hydrogen) atoms. The quantitative estimate of drug-likeness (QED) is 0.870. The second-order valence-corrected chi connectivity index (χ2v) is 5.00. The molecule has 0 aliphatic heterocycles. The van der Waals surface area contributed by atoms with Crippen molar-refractivity contribution in [2.75, 3.05) is 0 Å². The second kappa shape index (κ2) is 6.80. The summed E-state index contributed by atoms with van der Waals surface area (Å²) in [5.41, 5.74) is 0. The van der Waals surface area contributed by atoms with E-state index in [1.807, 2.05) is 6.20 Å². The highest BCUT2D eigenvalue weighted by Crippen LogP contribution is 2.17. The zero-order valence-electron chi connectivity index (χ0n) is 10.9. The van der Waals surface area contributed by atoms with Crippen molar-refractivity contribution in [2.45, 2.75) is 70.9 Å². The molecule has 1 saturated carbocycles. The molecule has 0 aromatic carbocycles. The van der Waals surface area contributed by atoms with Gasteiger partial charge in [0.05, 0.1) is 12.7 Å². The Hall–Kier alpha value is -0.830. The first-order valence-electron chi connectivity index (χ1n) is 7.05. The van der Waals surface area contributed by atoms with Gasteiger partial charge < -0.3 is 9.73 Å². The van der Waals surface area contributed by atoms with Crippen LogP contribution in [0.5, 0.6) is 0 Å². The SMILES string of the molecule is CCc1cnc(CNC2CCCCCCC2)o1. The Bertz CT molecular complexity index is 314. The van der Waals surface area contributed by atoms with E-state index >= 15 is 0 Å². The van der Waals surface area contributed by atoms with Crippen LogP contribution < -0.4 is 5.32 Å². The molecule has 0 atom stereocenters. The zero-order chi connectivity index (χ0) is 11.9. The predicted octanol–water partition coefficient (Wildman–Crippen LogP) is 3.44. The van der Waals surface area contributed by atoms with E-state index in [0.717, 1.165) is 24.6 Å². The van der Waals surface area contributed by atoms with Crippen molar-refractivity contribution >= 4 is 0 Å². The van der Waals surface area contributed by atoms with Crippen LogP contribution in [0.2, 0.25) is 0 Å². The molecule has 2 rings (SSSR count). The first-order chi connectivity index (χ1) is 8.38. The van der Waals surface area contributed by atoms with Crippen LogP contribution in [-0.4, -0.2) is 11.0 Å². The van der Waals surface area contributed by atoms with Crippen molar-refractivity contribution in [2.24, 2.45) is 0 Å². The van der Waals surface area contributed by atoms with Crippen LogP contribution in [0.15, 0.2) is 10.6 Å². The molecular weight excluding hydrogens is 212 g/mol. The van der Waals surface area contributed by atoms with Crippen LogP contribution in [0.4, 0.5) is 0 Å². The van der Waals surface area contributed by atoms with E-state index in [9.17, 15) is 0 Å². The number of aromatic nitrogens is 1. The molecule has 1 aromatic heterocycles. The maximum Gasteiger partial charge on any atom is 0.208 e. The first kappa shape index (κ1) is 12.6. The van der Waals surface area contributed by atoms with E-state index in [-0.39, 0.29) is 0 Å². The van der Waals surface area contributed by atoms with Gasteiger partial charge in [-0.3, -0.25) is 0 Å². The summed E-state index contributed by atoms with van der Waals surface area (Å²) in [6.07, 6.45) is 12.3. The van der Waals surface area contributed by atoms with E-state index < -0.39 is 0 Å². The van der Waals surface area contributed by atoms with Crippen molar-refractivity contribution in [1.29, 1.82) is 0 Å². The molecule has 0 saturated heterocycles. The average Bonchev–Trinajstić information content (AvgIpc) is 2.75. The molecule has 1 heterocycles. The Morgan fingerprint density at radius 1 is 1.24 bits per heavy atom. The van der Waals surface area contributed by atoms with Gasteiger partial charge in [-0.15, -0.1) is 0 Å². The summed E-state index contributed by atoms with van der Waals surface area (Å²) in [4.78, 5) is 4.28. The van der Waals surface area contributed by atoms with E-state index in [2.05, 4.69) is 17.2 Å². The van der Waals surface area contributed by atoms with Gasteiger partial charge in [-0.25, -0.2) is 4.98 Å². The summed E-state index contributed by atoms with van der Waals surface area (Å²) in [7, 11) is 0. The molecular formula is C14H24N2O. The molecule has 96 valence electrons. The van der Waals surface area contributed by atoms with Gasteiger partial charge in [0.25, 0.3) is 0 Å². The number of oxazole rings is 1. The van der Waals surface area contributed by atoms with Gasteiger partial charge in [-0.2, -0.15) is 0 Å². The van der Waals surface area contributed by atoms with Gasteiger partial charge in [0.15, 0.2) is 0 Å². The van der Waals surface area contributed by atoms with Gasteiger partial charge >= 0.3 is 0 Å². The van der Waals surface area contributed by atoms with Crippen molar-refractivity contribution in [1.82, 2.24) is 10.3 Å². The van der Waals surface area contributed by atoms with Gasteiger partial charge in [-0.1, -0.05) is 39.0 Å². The maximum absolute atomic E-state index is 5.61. The third-order valence-corrected chi connectivity index (χ3v) is 3.60. The van der Waals surface area contributed by atoms with Crippen LogP contribution in [0.1, 0.15) is 63.5 Å². The Morgan fingerprint density at radius 3 is 2.59 bits per heavy atom. The van der Waals surface area contributed by atoms with Crippen LogP contribution in [0.25, 0.3) is 0 Å². The molecule has 1 aliphatic carbocycles. The molecule has 1 N–H and O–H groups in total. The lowest BCUT2D eigenvalue weighted by molar-refractivity contribution is 0.362. The topological polar surface area (TPSA) is 38.1 Å². The fraction of sp³-hybridized carbons (Fsp3) is 0.786. The Kier molecular flexibility index (Phi) is 5.05. The number of hydrogen-bond donors (Lipinski definition) is 1. The summed E-state index contributed by atoms with van der Waals surface area (Å²) in [5, 5.41) is 3.59. The molecule has 3 heteroatoms. The Morgan fingerprint density at radius 2 is 1.94 bits per heavy atom. The Balaban J connectivity index is 1.75. The normalized spacial score (nSPS) is 18.9. The van der Waals surface area contributed by atoms with Crippen molar-refractivity contribution in [3.63, 3.8) is 0 Å². The summed E-state index contributed by atoms with van der Waals surface area (Å²) >= 11 is 0. The largest absolute Gasteiger partial charge is 0.444 e. The maximum atomic E-state index is 5.61. The predicted molar refractivity (Wildman–Crippen MR) is 68.8 cm³/mol. The van der Waals surface area contributed by atoms with Crippen LogP contribution in [0.3, 0.4) is 0 Å². The summed E-state index contributed by atoms with van der Waals surface area (Å²) in [6.45, 7) is 2.87. The number of hydrogen-bond acceptors (Lipinski definition) is 3.